The second kappa shape index (κ2) is 7.96. The third-order valence-corrected chi connectivity index (χ3v) is 3.30. The minimum Gasteiger partial charge on any atom is -0.484 e. The van der Waals surface area contributed by atoms with Gasteiger partial charge in [0.15, 0.2) is 6.61 Å². The van der Waals surface area contributed by atoms with Crippen molar-refractivity contribution < 1.29 is 18.7 Å². The number of primary amides is 1. The van der Waals surface area contributed by atoms with Crippen LogP contribution in [0.25, 0.3) is 0 Å². The highest BCUT2D eigenvalue weighted by Crippen LogP contribution is 2.14. The highest BCUT2D eigenvalue weighted by atomic mass is 16.5. The Morgan fingerprint density at radius 1 is 1.25 bits per heavy atom. The fraction of sp³-hybridized carbons (Fsp3) is 0.235. The number of carbonyl (C=O) groups is 2. The summed E-state index contributed by atoms with van der Waals surface area (Å²) in [7, 11) is 0. The number of aryl methyl sites for hydroxylation is 1. The highest BCUT2D eigenvalue weighted by Gasteiger charge is 2.11. The summed E-state index contributed by atoms with van der Waals surface area (Å²) in [4.78, 5) is 22.7. The van der Waals surface area contributed by atoms with Crippen LogP contribution in [0.4, 0.5) is 0 Å². The Hall–Kier alpha value is -3.09. The predicted octanol–water partition coefficient (Wildman–Crippen LogP) is 2.00. The number of nitrogens with one attached hydrogen (secondary N) is 1. The topological polar surface area (TPSA) is 107 Å². The van der Waals surface area contributed by atoms with Crippen LogP contribution in [-0.4, -0.2) is 24.1 Å². The number of hydrogen-bond donors (Lipinski definition) is 2. The number of carbonyl (C=O) groups excluding carboxylic acids is 2. The Kier molecular flexibility index (Phi) is 5.73. The lowest BCUT2D eigenvalue weighted by atomic mass is 10.1. The minimum atomic E-state index is -0.535. The average molecular weight is 329 g/mol. The Morgan fingerprint density at radius 3 is 2.50 bits per heavy atom. The molecule has 0 aliphatic carbocycles. The lowest BCUT2D eigenvalue weighted by Crippen LogP contribution is -2.20. The number of ether oxygens (including phenoxy) is 1. The van der Waals surface area contributed by atoms with Crippen LogP contribution in [-0.2, 0) is 4.79 Å². The van der Waals surface area contributed by atoms with Gasteiger partial charge in [-0.15, -0.1) is 0 Å². The predicted molar refractivity (Wildman–Crippen MR) is 88.9 cm³/mol. The van der Waals surface area contributed by atoms with E-state index in [1.807, 2.05) is 6.92 Å². The number of amides is 2. The van der Waals surface area contributed by atoms with Crippen molar-refractivity contribution in [3.05, 3.63) is 53.5 Å². The molecule has 7 heteroatoms. The van der Waals surface area contributed by atoms with Crippen molar-refractivity contribution in [1.29, 1.82) is 0 Å². The van der Waals surface area contributed by atoms with E-state index in [-0.39, 0.29) is 12.5 Å². The van der Waals surface area contributed by atoms with Gasteiger partial charge in [0.05, 0.1) is 17.5 Å². The molecule has 1 aromatic heterocycles. The zero-order valence-electron chi connectivity index (χ0n) is 13.5. The Morgan fingerprint density at radius 2 is 1.96 bits per heavy atom. The molecular weight excluding hydrogens is 310 g/mol. The van der Waals surface area contributed by atoms with Crippen LogP contribution in [0, 0.1) is 6.92 Å². The smallest absolute Gasteiger partial charge is 0.274 e. The summed E-state index contributed by atoms with van der Waals surface area (Å²) >= 11 is 0. The molecule has 0 bridgehead atoms. The van der Waals surface area contributed by atoms with Crippen molar-refractivity contribution >= 4 is 17.5 Å². The Balaban J connectivity index is 2.06. The molecule has 0 radical (unpaired) electrons. The van der Waals surface area contributed by atoms with Crippen molar-refractivity contribution in [1.82, 2.24) is 5.43 Å². The third-order valence-electron chi connectivity index (χ3n) is 3.30. The van der Waals surface area contributed by atoms with Crippen molar-refractivity contribution in [2.24, 2.45) is 10.8 Å². The number of benzene rings is 1. The van der Waals surface area contributed by atoms with Gasteiger partial charge in [0.2, 0.25) is 0 Å². The molecule has 1 aromatic carbocycles. The molecule has 3 N–H and O–H groups in total. The maximum Gasteiger partial charge on any atom is 0.274 e. The standard InChI is InChI=1S/C17H19N3O4/c1-3-15(19-20-17(22)14-8-9-23-11(14)2)12-4-6-13(7-5-12)24-10-16(18)21/h4-9H,3,10H2,1-2H3,(H2,18,21)(H,20,22). The molecular formula is C17H19N3O4. The monoisotopic (exact) mass is 329 g/mol. The van der Waals surface area contributed by atoms with Gasteiger partial charge in [-0.3, -0.25) is 9.59 Å². The van der Waals surface area contributed by atoms with Crippen LogP contribution in [0.2, 0.25) is 0 Å². The number of hydrogen-bond acceptors (Lipinski definition) is 5. The first kappa shape index (κ1) is 17.3. The van der Waals surface area contributed by atoms with Gasteiger partial charge >= 0.3 is 0 Å². The molecule has 0 saturated carbocycles. The summed E-state index contributed by atoms with van der Waals surface area (Å²) in [6.07, 6.45) is 2.09. The number of hydrazone groups is 1. The van der Waals surface area contributed by atoms with Gasteiger partial charge in [0, 0.05) is 0 Å². The van der Waals surface area contributed by atoms with E-state index in [1.54, 1.807) is 37.3 Å². The van der Waals surface area contributed by atoms with Crippen LogP contribution in [0.5, 0.6) is 5.75 Å². The molecule has 2 rings (SSSR count). The van der Waals surface area contributed by atoms with E-state index in [9.17, 15) is 9.59 Å². The average Bonchev–Trinajstić information content (AvgIpc) is 3.00. The molecule has 0 aliphatic heterocycles. The first-order valence-electron chi connectivity index (χ1n) is 7.43. The maximum atomic E-state index is 12.0. The lowest BCUT2D eigenvalue weighted by molar-refractivity contribution is -0.119. The molecule has 24 heavy (non-hydrogen) atoms. The molecule has 126 valence electrons. The molecule has 7 nitrogen and oxygen atoms in total. The molecule has 1 heterocycles. The van der Waals surface area contributed by atoms with E-state index in [0.717, 1.165) is 5.56 Å². The summed E-state index contributed by atoms with van der Waals surface area (Å²) in [5.41, 5.74) is 9.56. The van der Waals surface area contributed by atoms with Crippen LogP contribution in [0.3, 0.4) is 0 Å². The van der Waals surface area contributed by atoms with Crippen LogP contribution < -0.4 is 15.9 Å². The molecule has 2 amide bonds. The molecule has 2 aromatic rings. The van der Waals surface area contributed by atoms with Gasteiger partial charge in [0.25, 0.3) is 11.8 Å². The van der Waals surface area contributed by atoms with E-state index in [4.69, 9.17) is 14.9 Å². The van der Waals surface area contributed by atoms with Crippen molar-refractivity contribution in [3.8, 4) is 5.75 Å². The van der Waals surface area contributed by atoms with Crippen molar-refractivity contribution in [2.75, 3.05) is 6.61 Å². The maximum absolute atomic E-state index is 12.0. The first-order valence-corrected chi connectivity index (χ1v) is 7.43. The van der Waals surface area contributed by atoms with Crippen LogP contribution >= 0.6 is 0 Å². The van der Waals surface area contributed by atoms with Crippen LogP contribution in [0.15, 0.2) is 46.1 Å². The molecule has 0 spiro atoms. The van der Waals surface area contributed by atoms with E-state index < -0.39 is 5.91 Å². The van der Waals surface area contributed by atoms with Gasteiger partial charge in [-0.2, -0.15) is 5.10 Å². The summed E-state index contributed by atoms with van der Waals surface area (Å²) in [5.74, 6) is 0.212. The number of nitrogens with zero attached hydrogens (tertiary/aromatic N) is 1. The van der Waals surface area contributed by atoms with Crippen molar-refractivity contribution in [3.63, 3.8) is 0 Å². The molecule has 0 atom stereocenters. The fourth-order valence-electron chi connectivity index (χ4n) is 2.04. The minimum absolute atomic E-state index is 0.172. The number of rotatable bonds is 7. The fourth-order valence-corrected chi connectivity index (χ4v) is 2.04. The van der Waals surface area contributed by atoms with E-state index in [2.05, 4.69) is 10.5 Å². The lowest BCUT2D eigenvalue weighted by Gasteiger charge is -2.07. The Bertz CT molecular complexity index is 747. The first-order chi connectivity index (χ1) is 11.5. The third kappa shape index (κ3) is 4.45. The second-order valence-electron chi connectivity index (χ2n) is 5.02. The van der Waals surface area contributed by atoms with Gasteiger partial charge in [0.1, 0.15) is 11.5 Å². The summed E-state index contributed by atoms with van der Waals surface area (Å²) in [5, 5.41) is 4.17. The number of nitrogens with two attached hydrogens (primary N) is 1. The molecule has 0 saturated heterocycles. The zero-order chi connectivity index (χ0) is 17.5. The SMILES string of the molecule is CCC(=NNC(=O)c1ccoc1C)c1ccc(OCC(N)=O)cc1. The second-order valence-corrected chi connectivity index (χ2v) is 5.02. The molecule has 0 fully saturated rings. The summed E-state index contributed by atoms with van der Waals surface area (Å²) in [6, 6.07) is 8.62. The molecule has 0 aliphatic rings. The summed E-state index contributed by atoms with van der Waals surface area (Å²) < 4.78 is 10.3. The normalized spacial score (nSPS) is 11.2. The largest absolute Gasteiger partial charge is 0.484 e. The van der Waals surface area contributed by atoms with Gasteiger partial charge in [-0.05, 0) is 49.2 Å². The van der Waals surface area contributed by atoms with Crippen molar-refractivity contribution in [2.45, 2.75) is 20.3 Å². The quantitative estimate of drug-likeness (QED) is 0.598. The number of furan rings is 1. The zero-order valence-corrected chi connectivity index (χ0v) is 13.5. The Labute approximate surface area is 139 Å². The van der Waals surface area contributed by atoms with Gasteiger partial charge < -0.3 is 14.9 Å². The van der Waals surface area contributed by atoms with E-state index in [1.165, 1.54) is 6.26 Å². The van der Waals surface area contributed by atoms with Gasteiger partial charge in [-0.25, -0.2) is 5.43 Å². The molecule has 0 unspecified atom stereocenters. The van der Waals surface area contributed by atoms with Crippen LogP contribution in [0.1, 0.15) is 35.0 Å². The van der Waals surface area contributed by atoms with Gasteiger partial charge in [-0.1, -0.05) is 6.92 Å². The summed E-state index contributed by atoms with van der Waals surface area (Å²) in [6.45, 7) is 3.48. The van der Waals surface area contributed by atoms with E-state index in [0.29, 0.717) is 29.2 Å². The highest BCUT2D eigenvalue weighted by molar-refractivity contribution is 6.02. The van der Waals surface area contributed by atoms with E-state index >= 15 is 0 Å².